The lowest BCUT2D eigenvalue weighted by Crippen LogP contribution is -2.56. The second-order valence-electron chi connectivity index (χ2n) is 9.41. The zero-order valence-electron chi connectivity index (χ0n) is 21.8. The van der Waals surface area contributed by atoms with Crippen LogP contribution in [0.15, 0.2) is 30.3 Å². The lowest BCUT2D eigenvalue weighted by molar-refractivity contribution is -0.248. The van der Waals surface area contributed by atoms with Crippen LogP contribution in [-0.4, -0.2) is 74.4 Å². The Morgan fingerprint density at radius 1 is 0.950 bits per heavy atom. The highest BCUT2D eigenvalue weighted by Gasteiger charge is 2.44. The third kappa shape index (κ3) is 4.21. The van der Waals surface area contributed by atoms with Gasteiger partial charge in [-0.3, -0.25) is 4.79 Å². The van der Waals surface area contributed by atoms with Crippen molar-refractivity contribution in [3.05, 3.63) is 41.5 Å². The molecule has 6 rings (SSSR count). The van der Waals surface area contributed by atoms with Gasteiger partial charge in [0.15, 0.2) is 35.2 Å². The average molecular weight is 555 g/mol. The maximum absolute atomic E-state index is 13.2. The summed E-state index contributed by atoms with van der Waals surface area (Å²) in [5.41, 5.74) is 1.89. The molecule has 0 amide bonds. The largest absolute Gasteiger partial charge is 0.493 e. The van der Waals surface area contributed by atoms with Crippen LogP contribution in [0.2, 0.25) is 0 Å². The molecule has 3 aliphatic heterocycles. The molecule has 4 atom stereocenters. The van der Waals surface area contributed by atoms with E-state index in [1.54, 1.807) is 24.3 Å². The number of hydrogen-bond donors (Lipinski definition) is 2. The molecule has 3 aromatic carbocycles. The fraction of sp³-hybridized carbons (Fsp3) is 0.357. The number of carbonyl (C=O) groups is 2. The Labute approximate surface area is 227 Å². The second kappa shape index (κ2) is 10.0. The van der Waals surface area contributed by atoms with Gasteiger partial charge in [0, 0.05) is 23.4 Å². The molecule has 3 heterocycles. The van der Waals surface area contributed by atoms with E-state index in [-0.39, 0.29) is 31.3 Å². The molecule has 40 heavy (non-hydrogen) atoms. The number of hydrogen-bond acceptors (Lipinski definition) is 12. The number of benzene rings is 3. The van der Waals surface area contributed by atoms with Crippen molar-refractivity contribution in [2.24, 2.45) is 0 Å². The Morgan fingerprint density at radius 2 is 1.68 bits per heavy atom. The molecule has 12 heteroatoms. The molecule has 3 aromatic rings. The van der Waals surface area contributed by atoms with Gasteiger partial charge in [0.2, 0.25) is 13.1 Å². The lowest BCUT2D eigenvalue weighted by Gasteiger charge is -2.37. The van der Waals surface area contributed by atoms with Crippen LogP contribution < -0.4 is 23.7 Å². The molecule has 0 aromatic heterocycles. The van der Waals surface area contributed by atoms with Gasteiger partial charge in [-0.15, -0.1) is 0 Å². The number of rotatable bonds is 6. The van der Waals surface area contributed by atoms with Gasteiger partial charge < -0.3 is 48.1 Å². The summed E-state index contributed by atoms with van der Waals surface area (Å²) in [4.78, 5) is 24.8. The molecular weight excluding hydrogens is 528 g/mol. The van der Waals surface area contributed by atoms with Gasteiger partial charge in [-0.1, -0.05) is 6.07 Å². The van der Waals surface area contributed by atoms with Crippen molar-refractivity contribution in [3.63, 3.8) is 0 Å². The Hall–Kier alpha value is -4.26. The number of carbonyl (C=O) groups excluding carboxylic acids is 2. The minimum atomic E-state index is -1.54. The number of ether oxygens (including phenoxy) is 8. The number of esters is 2. The van der Waals surface area contributed by atoms with Crippen LogP contribution in [-0.2, 0) is 25.6 Å². The summed E-state index contributed by atoms with van der Waals surface area (Å²) < 4.78 is 44.5. The number of aliphatic hydroxyl groups is 2. The Bertz CT molecular complexity index is 1520. The van der Waals surface area contributed by atoms with Crippen molar-refractivity contribution in [3.8, 4) is 39.9 Å². The van der Waals surface area contributed by atoms with Gasteiger partial charge >= 0.3 is 11.9 Å². The van der Waals surface area contributed by atoms with Gasteiger partial charge in [-0.25, -0.2) is 4.79 Å². The predicted molar refractivity (Wildman–Crippen MR) is 136 cm³/mol. The molecule has 0 saturated carbocycles. The number of cyclic esters (lactones) is 1. The van der Waals surface area contributed by atoms with E-state index < -0.39 is 36.5 Å². The summed E-state index contributed by atoms with van der Waals surface area (Å²) >= 11 is 0. The van der Waals surface area contributed by atoms with Gasteiger partial charge in [0.05, 0.1) is 26.4 Å². The topological polar surface area (TPSA) is 148 Å². The summed E-state index contributed by atoms with van der Waals surface area (Å²) in [6.07, 6.45) is -5.43. The maximum atomic E-state index is 13.2. The van der Waals surface area contributed by atoms with E-state index >= 15 is 0 Å². The first-order valence-corrected chi connectivity index (χ1v) is 12.4. The fourth-order valence-electron chi connectivity index (χ4n) is 5.22. The predicted octanol–water partition coefficient (Wildman–Crippen LogP) is 2.31. The van der Waals surface area contributed by atoms with Gasteiger partial charge in [-0.2, -0.15) is 0 Å². The minimum absolute atomic E-state index is 0.0875. The normalized spacial score (nSPS) is 23.0. The Morgan fingerprint density at radius 3 is 2.40 bits per heavy atom. The maximum Gasteiger partial charge on any atom is 0.339 e. The van der Waals surface area contributed by atoms with E-state index in [0.717, 1.165) is 0 Å². The van der Waals surface area contributed by atoms with Gasteiger partial charge in [0.25, 0.3) is 0 Å². The van der Waals surface area contributed by atoms with E-state index in [1.165, 1.54) is 21.1 Å². The van der Waals surface area contributed by atoms with Crippen molar-refractivity contribution < 1.29 is 57.7 Å². The molecule has 0 radical (unpaired) electrons. The third-order valence-electron chi connectivity index (χ3n) is 7.04. The summed E-state index contributed by atoms with van der Waals surface area (Å²) in [6.45, 7) is 0.888. The fourth-order valence-corrected chi connectivity index (χ4v) is 5.22. The summed E-state index contributed by atoms with van der Waals surface area (Å²) in [5, 5.41) is 22.3. The van der Waals surface area contributed by atoms with Crippen LogP contribution in [0.4, 0.5) is 0 Å². The summed E-state index contributed by atoms with van der Waals surface area (Å²) in [6, 6.07) is 8.75. The average Bonchev–Trinajstić information content (AvgIpc) is 3.57. The zero-order valence-corrected chi connectivity index (χ0v) is 21.8. The van der Waals surface area contributed by atoms with Crippen molar-refractivity contribution in [1.29, 1.82) is 0 Å². The van der Waals surface area contributed by atoms with E-state index in [1.807, 2.05) is 6.07 Å². The van der Waals surface area contributed by atoms with E-state index in [4.69, 9.17) is 37.9 Å². The van der Waals surface area contributed by atoms with E-state index in [9.17, 15) is 19.8 Å². The SMILES string of the molecule is COc1cc2c(O[C@@H]3OC[C@H](O)[C@H](OC(C)=O)[C@H]3O)c3c(c(-c4ccc5c(c4)OCO5)c2cc1OC)C(=O)OC3. The van der Waals surface area contributed by atoms with Crippen molar-refractivity contribution in [2.45, 2.75) is 38.1 Å². The van der Waals surface area contributed by atoms with Crippen molar-refractivity contribution >= 4 is 22.7 Å². The molecule has 12 nitrogen and oxygen atoms in total. The van der Waals surface area contributed by atoms with Crippen LogP contribution in [0.3, 0.4) is 0 Å². The molecule has 210 valence electrons. The molecule has 1 fully saturated rings. The van der Waals surface area contributed by atoms with Crippen LogP contribution in [0.1, 0.15) is 22.8 Å². The molecular formula is C28H26O12. The first-order chi connectivity index (χ1) is 19.3. The Balaban J connectivity index is 1.56. The van der Waals surface area contributed by atoms with Crippen LogP contribution >= 0.6 is 0 Å². The molecule has 0 aliphatic carbocycles. The molecule has 3 aliphatic rings. The zero-order chi connectivity index (χ0) is 28.1. The number of aliphatic hydroxyl groups excluding tert-OH is 2. The molecule has 0 unspecified atom stereocenters. The first kappa shape index (κ1) is 26.0. The molecule has 0 bridgehead atoms. The highest BCUT2D eigenvalue weighted by molar-refractivity contribution is 6.14. The molecule has 2 N–H and O–H groups in total. The highest BCUT2D eigenvalue weighted by Crippen LogP contribution is 2.49. The van der Waals surface area contributed by atoms with Crippen LogP contribution in [0, 0.1) is 0 Å². The summed E-state index contributed by atoms with van der Waals surface area (Å²) in [5.74, 6) is 0.853. The van der Waals surface area contributed by atoms with Crippen LogP contribution in [0.25, 0.3) is 21.9 Å². The standard InChI is InChI=1S/C28H26O12/c1-12(29)39-26-17(30)10-36-28(24(26)31)40-25-15-8-20(34-3)19(33-2)7-14(15)22(23-16(25)9-35-27(23)32)13-4-5-18-21(6-13)38-11-37-18/h4-8,17,24,26,28,30-31H,9-11H2,1-3H3/t17-,24+,26-,28-/m0/s1. The highest BCUT2D eigenvalue weighted by atomic mass is 16.7. The number of methoxy groups -OCH3 is 2. The van der Waals surface area contributed by atoms with Crippen LogP contribution in [0.5, 0.6) is 28.7 Å². The molecule has 1 saturated heterocycles. The lowest BCUT2D eigenvalue weighted by atomic mass is 9.89. The van der Waals surface area contributed by atoms with Gasteiger partial charge in [-0.05, 0) is 35.2 Å². The van der Waals surface area contributed by atoms with Crippen molar-refractivity contribution in [1.82, 2.24) is 0 Å². The second-order valence-corrected chi connectivity index (χ2v) is 9.41. The Kier molecular flexibility index (Phi) is 6.53. The van der Waals surface area contributed by atoms with Crippen molar-refractivity contribution in [2.75, 3.05) is 27.6 Å². The minimum Gasteiger partial charge on any atom is -0.493 e. The monoisotopic (exact) mass is 554 g/mol. The van der Waals surface area contributed by atoms with Gasteiger partial charge in [0.1, 0.15) is 18.5 Å². The smallest absolute Gasteiger partial charge is 0.339 e. The van der Waals surface area contributed by atoms with E-state index in [2.05, 4.69) is 0 Å². The molecule has 0 spiro atoms. The third-order valence-corrected chi connectivity index (χ3v) is 7.04. The first-order valence-electron chi connectivity index (χ1n) is 12.4. The number of fused-ring (bicyclic) bond motifs is 3. The quantitative estimate of drug-likeness (QED) is 0.431. The summed E-state index contributed by atoms with van der Waals surface area (Å²) in [7, 11) is 2.98. The van der Waals surface area contributed by atoms with E-state index in [0.29, 0.717) is 50.5 Å².